The monoisotopic (exact) mass is 266 g/mol. The van der Waals surface area contributed by atoms with Gasteiger partial charge in [-0.1, -0.05) is 20.8 Å². The summed E-state index contributed by atoms with van der Waals surface area (Å²) >= 11 is 0. The van der Waals surface area contributed by atoms with E-state index >= 15 is 0 Å². The van der Waals surface area contributed by atoms with Crippen LogP contribution in [0.15, 0.2) is 0 Å². The number of alkyl halides is 3. The van der Waals surface area contributed by atoms with E-state index in [9.17, 15) is 18.0 Å². The van der Waals surface area contributed by atoms with E-state index in [1.165, 1.54) is 0 Å². The van der Waals surface area contributed by atoms with Crippen LogP contribution in [0.5, 0.6) is 0 Å². The van der Waals surface area contributed by atoms with Crippen molar-refractivity contribution >= 4 is 5.91 Å². The number of carbonyl (C=O) groups excluding carboxylic acids is 1. The smallest absolute Gasteiger partial charge is 0.344 e. The Kier molecular flexibility index (Phi) is 5.01. The molecule has 2 N–H and O–H groups in total. The van der Waals surface area contributed by atoms with E-state index in [1.54, 1.807) is 0 Å². The van der Waals surface area contributed by atoms with Gasteiger partial charge >= 0.3 is 12.1 Å². The Hall–Kier alpha value is -0.780. The molecule has 1 aliphatic heterocycles. The minimum Gasteiger partial charge on any atom is -0.344 e. The molecule has 106 valence electrons. The van der Waals surface area contributed by atoms with Gasteiger partial charge in [-0.2, -0.15) is 13.2 Å². The van der Waals surface area contributed by atoms with Crippen LogP contribution in [0.4, 0.5) is 13.2 Å². The minimum atomic E-state index is -4.80. The first-order valence-electron chi connectivity index (χ1n) is 6.36. The Morgan fingerprint density at radius 2 is 2.06 bits per heavy atom. The molecule has 1 heterocycles. The topological polar surface area (TPSA) is 41.1 Å². The molecule has 6 heteroatoms. The second kappa shape index (κ2) is 5.91. The number of rotatable bonds is 3. The van der Waals surface area contributed by atoms with Crippen molar-refractivity contribution < 1.29 is 18.0 Å². The maximum atomic E-state index is 12.2. The highest BCUT2D eigenvalue weighted by Crippen LogP contribution is 2.27. The highest BCUT2D eigenvalue weighted by molar-refractivity contribution is 5.81. The Bertz CT molecular complexity index is 292. The zero-order chi connectivity index (χ0) is 13.9. The molecule has 0 spiro atoms. The van der Waals surface area contributed by atoms with Crippen molar-refractivity contribution in [3.8, 4) is 0 Å². The Morgan fingerprint density at radius 3 is 2.50 bits per heavy atom. The second-order valence-corrected chi connectivity index (χ2v) is 5.23. The Balaban J connectivity index is 2.58. The molecule has 3 nitrogen and oxygen atoms in total. The molecule has 0 aromatic carbocycles. The van der Waals surface area contributed by atoms with Gasteiger partial charge in [-0.25, -0.2) is 0 Å². The summed E-state index contributed by atoms with van der Waals surface area (Å²) in [7, 11) is 0. The van der Waals surface area contributed by atoms with Crippen LogP contribution in [0.3, 0.4) is 0 Å². The van der Waals surface area contributed by atoms with Gasteiger partial charge in [0, 0.05) is 18.6 Å². The molecule has 1 rings (SSSR count). The molecule has 0 aromatic heterocycles. The Morgan fingerprint density at radius 1 is 1.44 bits per heavy atom. The summed E-state index contributed by atoms with van der Waals surface area (Å²) in [4.78, 5) is 10.9. The van der Waals surface area contributed by atoms with Crippen molar-refractivity contribution in [3.05, 3.63) is 0 Å². The lowest BCUT2D eigenvalue weighted by Gasteiger charge is -2.39. The van der Waals surface area contributed by atoms with Crippen LogP contribution < -0.4 is 10.6 Å². The van der Waals surface area contributed by atoms with E-state index in [0.29, 0.717) is 30.8 Å². The average molecular weight is 266 g/mol. The predicted octanol–water partition coefficient (Wildman–Crippen LogP) is 2.08. The quantitative estimate of drug-likeness (QED) is 0.821. The van der Waals surface area contributed by atoms with E-state index < -0.39 is 18.1 Å². The average Bonchev–Trinajstić information content (AvgIpc) is 2.27. The molecule has 18 heavy (non-hydrogen) atoms. The third-order valence-electron chi connectivity index (χ3n) is 3.59. The first-order valence-corrected chi connectivity index (χ1v) is 6.36. The fourth-order valence-corrected chi connectivity index (χ4v) is 2.58. The molecule has 1 aliphatic rings. The molecule has 3 unspecified atom stereocenters. The summed E-state index contributed by atoms with van der Waals surface area (Å²) in [6, 6.07) is -0.113. The summed E-state index contributed by atoms with van der Waals surface area (Å²) in [5, 5.41) is 5.29. The molecule has 1 amide bonds. The molecular formula is C12H21F3N2O. The molecule has 0 radical (unpaired) electrons. The van der Waals surface area contributed by atoms with Crippen molar-refractivity contribution in [2.75, 3.05) is 6.54 Å². The highest BCUT2D eigenvalue weighted by atomic mass is 19.4. The van der Waals surface area contributed by atoms with Gasteiger partial charge in [0.15, 0.2) is 0 Å². The second-order valence-electron chi connectivity index (χ2n) is 5.23. The van der Waals surface area contributed by atoms with E-state index in [-0.39, 0.29) is 0 Å². The molecule has 1 fully saturated rings. The highest BCUT2D eigenvalue weighted by Gasteiger charge is 2.41. The van der Waals surface area contributed by atoms with Crippen LogP contribution in [0, 0.1) is 11.8 Å². The van der Waals surface area contributed by atoms with Crippen LogP contribution in [0.25, 0.3) is 0 Å². The van der Waals surface area contributed by atoms with Crippen molar-refractivity contribution in [2.45, 2.75) is 51.9 Å². The summed E-state index contributed by atoms with van der Waals surface area (Å²) in [6.07, 6.45) is -3.25. The Labute approximate surface area is 106 Å². The lowest BCUT2D eigenvalue weighted by molar-refractivity contribution is -0.174. The van der Waals surface area contributed by atoms with E-state index in [2.05, 4.69) is 31.4 Å². The third kappa shape index (κ3) is 3.86. The van der Waals surface area contributed by atoms with Crippen LogP contribution in [0.1, 0.15) is 33.6 Å². The number of halogens is 3. The minimum absolute atomic E-state index is 0.294. The standard InChI is InChI=1S/C12H21F3N2O/c1-4-10-9(7(2)3)5-8(6-16-10)17-11(18)12(13,14)15/h7-10,16H,4-6H2,1-3H3,(H,17,18). The molecule has 1 saturated heterocycles. The maximum absolute atomic E-state index is 12.2. The van der Waals surface area contributed by atoms with Crippen LogP contribution in [-0.2, 0) is 4.79 Å². The zero-order valence-corrected chi connectivity index (χ0v) is 11.0. The number of carbonyl (C=O) groups is 1. The van der Waals surface area contributed by atoms with Crippen LogP contribution >= 0.6 is 0 Å². The van der Waals surface area contributed by atoms with Gasteiger partial charge in [0.25, 0.3) is 0 Å². The van der Waals surface area contributed by atoms with E-state index in [1.807, 2.05) is 0 Å². The molecular weight excluding hydrogens is 245 g/mol. The van der Waals surface area contributed by atoms with Crippen molar-refractivity contribution in [1.82, 2.24) is 10.6 Å². The fourth-order valence-electron chi connectivity index (χ4n) is 2.58. The zero-order valence-electron chi connectivity index (χ0n) is 11.0. The lowest BCUT2D eigenvalue weighted by Crippen LogP contribution is -2.56. The van der Waals surface area contributed by atoms with Crippen molar-refractivity contribution in [2.24, 2.45) is 11.8 Å². The summed E-state index contributed by atoms with van der Waals surface area (Å²) in [5.74, 6) is -1.16. The van der Waals surface area contributed by atoms with Gasteiger partial charge in [-0.15, -0.1) is 0 Å². The number of hydrogen-bond acceptors (Lipinski definition) is 2. The summed E-state index contributed by atoms with van der Waals surface area (Å²) < 4.78 is 36.5. The van der Waals surface area contributed by atoms with E-state index in [4.69, 9.17) is 0 Å². The largest absolute Gasteiger partial charge is 0.471 e. The summed E-state index contributed by atoms with van der Waals surface area (Å²) in [5.41, 5.74) is 0. The van der Waals surface area contributed by atoms with Crippen LogP contribution in [-0.4, -0.2) is 30.7 Å². The first-order chi connectivity index (χ1) is 8.25. The summed E-state index contributed by atoms with van der Waals surface area (Å²) in [6.45, 7) is 6.58. The number of hydrogen-bond donors (Lipinski definition) is 2. The molecule has 0 aliphatic carbocycles. The third-order valence-corrected chi connectivity index (χ3v) is 3.59. The van der Waals surface area contributed by atoms with Crippen molar-refractivity contribution in [3.63, 3.8) is 0 Å². The first kappa shape index (κ1) is 15.3. The molecule has 0 saturated carbocycles. The van der Waals surface area contributed by atoms with Crippen LogP contribution in [0.2, 0.25) is 0 Å². The van der Waals surface area contributed by atoms with Gasteiger partial charge in [0.1, 0.15) is 0 Å². The molecule has 0 aromatic rings. The van der Waals surface area contributed by atoms with Gasteiger partial charge in [-0.3, -0.25) is 4.79 Å². The van der Waals surface area contributed by atoms with Gasteiger partial charge in [0.2, 0.25) is 0 Å². The van der Waals surface area contributed by atoms with E-state index in [0.717, 1.165) is 6.42 Å². The molecule has 0 bridgehead atoms. The normalized spacial score (nSPS) is 29.4. The fraction of sp³-hybridized carbons (Fsp3) is 0.917. The predicted molar refractivity (Wildman–Crippen MR) is 63.0 cm³/mol. The SMILES string of the molecule is CCC1NCC(NC(=O)C(F)(F)F)CC1C(C)C. The number of piperidine rings is 1. The lowest BCUT2D eigenvalue weighted by atomic mass is 9.79. The van der Waals surface area contributed by atoms with Gasteiger partial charge < -0.3 is 10.6 Å². The van der Waals surface area contributed by atoms with Crippen molar-refractivity contribution in [1.29, 1.82) is 0 Å². The number of nitrogens with one attached hydrogen (secondary N) is 2. The molecule has 3 atom stereocenters. The maximum Gasteiger partial charge on any atom is 0.471 e. The van der Waals surface area contributed by atoms with Gasteiger partial charge in [-0.05, 0) is 24.7 Å². The van der Waals surface area contributed by atoms with Gasteiger partial charge in [0.05, 0.1) is 0 Å². The number of amides is 1.